The number of hydrogen-bond acceptors (Lipinski definition) is 3. The van der Waals surface area contributed by atoms with Crippen molar-refractivity contribution in [3.8, 4) is 5.75 Å². The fourth-order valence-electron chi connectivity index (χ4n) is 1.30. The standard InChI is InChI=1S/C11H14N2O3/c1-8-6-9(16-11(15)12-2)4-5-10(8)13(3)7-14/h4-7H,1-3H3,(H,12,15). The van der Waals surface area contributed by atoms with E-state index in [0.717, 1.165) is 17.7 Å². The molecule has 0 fully saturated rings. The average Bonchev–Trinajstić information content (AvgIpc) is 2.28. The minimum atomic E-state index is -0.518. The molecule has 5 heteroatoms. The van der Waals surface area contributed by atoms with E-state index >= 15 is 0 Å². The Hall–Kier alpha value is -2.04. The number of carbonyl (C=O) groups is 2. The molecule has 0 aromatic heterocycles. The highest BCUT2D eigenvalue weighted by Crippen LogP contribution is 2.23. The highest BCUT2D eigenvalue weighted by Gasteiger charge is 2.06. The lowest BCUT2D eigenvalue weighted by Gasteiger charge is -2.14. The van der Waals surface area contributed by atoms with Gasteiger partial charge in [-0.1, -0.05) is 0 Å². The largest absolute Gasteiger partial charge is 0.412 e. The first-order chi connectivity index (χ1) is 7.58. The van der Waals surface area contributed by atoms with Crippen LogP contribution in [0.4, 0.5) is 10.5 Å². The number of hydrogen-bond donors (Lipinski definition) is 1. The molecular formula is C11H14N2O3. The van der Waals surface area contributed by atoms with Crippen LogP contribution < -0.4 is 15.0 Å². The summed E-state index contributed by atoms with van der Waals surface area (Å²) < 4.78 is 4.96. The number of aryl methyl sites for hydroxylation is 1. The fourth-order valence-corrected chi connectivity index (χ4v) is 1.30. The van der Waals surface area contributed by atoms with Crippen LogP contribution in [0.15, 0.2) is 18.2 Å². The summed E-state index contributed by atoms with van der Waals surface area (Å²) in [5.74, 6) is 0.444. The molecule has 2 amide bonds. The van der Waals surface area contributed by atoms with Gasteiger partial charge in [-0.3, -0.25) is 4.79 Å². The van der Waals surface area contributed by atoms with E-state index in [-0.39, 0.29) is 0 Å². The number of rotatable bonds is 3. The van der Waals surface area contributed by atoms with E-state index in [1.54, 1.807) is 25.2 Å². The molecule has 0 saturated carbocycles. The van der Waals surface area contributed by atoms with Crippen LogP contribution in [0.1, 0.15) is 5.56 Å². The Morgan fingerprint density at radius 1 is 1.50 bits per heavy atom. The highest BCUT2D eigenvalue weighted by atomic mass is 16.5. The van der Waals surface area contributed by atoms with Crippen LogP contribution in [0.3, 0.4) is 0 Å². The van der Waals surface area contributed by atoms with Crippen molar-refractivity contribution in [1.82, 2.24) is 5.32 Å². The molecule has 0 unspecified atom stereocenters. The van der Waals surface area contributed by atoms with Crippen LogP contribution in [0, 0.1) is 6.92 Å². The molecule has 1 rings (SSSR count). The van der Waals surface area contributed by atoms with Crippen molar-refractivity contribution in [2.45, 2.75) is 6.92 Å². The van der Waals surface area contributed by atoms with Gasteiger partial charge in [0.15, 0.2) is 0 Å². The average molecular weight is 222 g/mol. The minimum absolute atomic E-state index is 0.444. The lowest BCUT2D eigenvalue weighted by molar-refractivity contribution is -0.107. The zero-order valence-corrected chi connectivity index (χ0v) is 9.48. The lowest BCUT2D eigenvalue weighted by atomic mass is 10.2. The SMILES string of the molecule is CNC(=O)Oc1ccc(N(C)C=O)c(C)c1. The van der Waals surface area contributed by atoms with Crippen LogP contribution in [-0.4, -0.2) is 26.6 Å². The molecule has 0 heterocycles. The molecule has 16 heavy (non-hydrogen) atoms. The van der Waals surface area contributed by atoms with E-state index in [9.17, 15) is 9.59 Å². The van der Waals surface area contributed by atoms with Crippen molar-refractivity contribution in [3.05, 3.63) is 23.8 Å². The summed E-state index contributed by atoms with van der Waals surface area (Å²) in [6, 6.07) is 5.06. The Balaban J connectivity index is 2.90. The van der Waals surface area contributed by atoms with Crippen molar-refractivity contribution >= 4 is 18.2 Å². The van der Waals surface area contributed by atoms with Crippen molar-refractivity contribution in [2.24, 2.45) is 0 Å². The number of anilines is 1. The third-order valence-corrected chi connectivity index (χ3v) is 2.12. The molecule has 1 aromatic carbocycles. The van der Waals surface area contributed by atoms with Crippen LogP contribution in [-0.2, 0) is 4.79 Å². The monoisotopic (exact) mass is 222 g/mol. The molecule has 0 saturated heterocycles. The summed E-state index contributed by atoms with van der Waals surface area (Å²) in [5.41, 5.74) is 1.63. The maximum atomic E-state index is 11.0. The zero-order chi connectivity index (χ0) is 12.1. The van der Waals surface area contributed by atoms with E-state index < -0.39 is 6.09 Å². The van der Waals surface area contributed by atoms with Crippen molar-refractivity contribution in [2.75, 3.05) is 19.0 Å². The van der Waals surface area contributed by atoms with Gasteiger partial charge < -0.3 is 15.0 Å². The first-order valence-electron chi connectivity index (χ1n) is 4.77. The number of benzene rings is 1. The molecule has 0 atom stereocenters. The van der Waals surface area contributed by atoms with E-state index in [1.165, 1.54) is 11.9 Å². The first kappa shape index (κ1) is 12.0. The summed E-state index contributed by atoms with van der Waals surface area (Å²) in [5, 5.41) is 2.35. The fraction of sp³-hybridized carbons (Fsp3) is 0.273. The summed E-state index contributed by atoms with van der Waals surface area (Å²) >= 11 is 0. The Morgan fingerprint density at radius 3 is 2.69 bits per heavy atom. The normalized spacial score (nSPS) is 9.44. The van der Waals surface area contributed by atoms with E-state index in [4.69, 9.17) is 4.74 Å². The van der Waals surface area contributed by atoms with Gasteiger partial charge in [-0.15, -0.1) is 0 Å². The predicted molar refractivity (Wildman–Crippen MR) is 60.7 cm³/mol. The molecule has 1 aromatic rings. The maximum absolute atomic E-state index is 11.0. The second-order valence-corrected chi connectivity index (χ2v) is 3.30. The van der Waals surface area contributed by atoms with Gasteiger partial charge in [-0.05, 0) is 30.7 Å². The summed E-state index contributed by atoms with van der Waals surface area (Å²) in [7, 11) is 3.15. The lowest BCUT2D eigenvalue weighted by Crippen LogP contribution is -2.22. The van der Waals surface area contributed by atoms with Crippen molar-refractivity contribution < 1.29 is 14.3 Å². The molecule has 86 valence electrons. The maximum Gasteiger partial charge on any atom is 0.412 e. The summed E-state index contributed by atoms with van der Waals surface area (Å²) in [6.07, 6.45) is 0.206. The van der Waals surface area contributed by atoms with Crippen LogP contribution in [0.2, 0.25) is 0 Å². The van der Waals surface area contributed by atoms with E-state index in [2.05, 4.69) is 5.32 Å². The van der Waals surface area contributed by atoms with Crippen LogP contribution in [0.5, 0.6) is 5.75 Å². The van der Waals surface area contributed by atoms with E-state index in [0.29, 0.717) is 5.75 Å². The zero-order valence-electron chi connectivity index (χ0n) is 9.48. The molecule has 0 aliphatic carbocycles. The highest BCUT2D eigenvalue weighted by molar-refractivity contribution is 5.77. The van der Waals surface area contributed by atoms with Crippen molar-refractivity contribution in [1.29, 1.82) is 0 Å². The van der Waals surface area contributed by atoms with Crippen LogP contribution >= 0.6 is 0 Å². The number of ether oxygens (including phenoxy) is 1. The Morgan fingerprint density at radius 2 is 2.19 bits per heavy atom. The second kappa shape index (κ2) is 5.16. The number of nitrogens with one attached hydrogen (secondary N) is 1. The predicted octanol–water partition coefficient (Wildman–Crippen LogP) is 1.31. The smallest absolute Gasteiger partial charge is 0.410 e. The third kappa shape index (κ3) is 2.73. The third-order valence-electron chi connectivity index (χ3n) is 2.12. The van der Waals surface area contributed by atoms with Gasteiger partial charge in [0.1, 0.15) is 5.75 Å². The summed E-state index contributed by atoms with van der Waals surface area (Å²) in [6.45, 7) is 1.84. The minimum Gasteiger partial charge on any atom is -0.410 e. The van der Waals surface area contributed by atoms with E-state index in [1.807, 2.05) is 6.92 Å². The molecule has 1 N–H and O–H groups in total. The molecule has 0 radical (unpaired) electrons. The number of amides is 2. The number of nitrogens with zero attached hydrogens (tertiary/aromatic N) is 1. The molecular weight excluding hydrogens is 208 g/mol. The first-order valence-corrected chi connectivity index (χ1v) is 4.77. The number of carbonyl (C=O) groups excluding carboxylic acids is 2. The molecule has 0 bridgehead atoms. The Labute approximate surface area is 94.0 Å². The topological polar surface area (TPSA) is 58.6 Å². The van der Waals surface area contributed by atoms with Gasteiger partial charge >= 0.3 is 6.09 Å². The van der Waals surface area contributed by atoms with Gasteiger partial charge in [-0.2, -0.15) is 0 Å². The van der Waals surface area contributed by atoms with Gasteiger partial charge in [0.05, 0.1) is 0 Å². The van der Waals surface area contributed by atoms with Gasteiger partial charge in [0.2, 0.25) is 6.41 Å². The van der Waals surface area contributed by atoms with Gasteiger partial charge in [0, 0.05) is 19.8 Å². The van der Waals surface area contributed by atoms with Crippen molar-refractivity contribution in [3.63, 3.8) is 0 Å². The summed E-state index contributed by atoms with van der Waals surface area (Å²) in [4.78, 5) is 23.0. The quantitative estimate of drug-likeness (QED) is 0.784. The van der Waals surface area contributed by atoms with Crippen LogP contribution in [0.25, 0.3) is 0 Å². The molecule has 0 spiro atoms. The van der Waals surface area contributed by atoms with Gasteiger partial charge in [0.25, 0.3) is 0 Å². The molecule has 0 aliphatic rings. The van der Waals surface area contributed by atoms with Gasteiger partial charge in [-0.25, -0.2) is 4.79 Å². The Kier molecular flexibility index (Phi) is 3.88. The molecule has 5 nitrogen and oxygen atoms in total. The second-order valence-electron chi connectivity index (χ2n) is 3.30. The molecule has 0 aliphatic heterocycles. The Bertz CT molecular complexity index is 404.